The zero-order chi connectivity index (χ0) is 26.6. The van der Waals surface area contributed by atoms with E-state index in [1.165, 1.54) is 27.5 Å². The van der Waals surface area contributed by atoms with Gasteiger partial charge in [0.15, 0.2) is 17.1 Å². The highest BCUT2D eigenvalue weighted by atomic mass is 16.5. The average molecular weight is 514 g/mol. The lowest BCUT2D eigenvalue weighted by Gasteiger charge is -2.14. The number of aromatic nitrogens is 4. The van der Waals surface area contributed by atoms with Gasteiger partial charge in [-0.3, -0.25) is 14.2 Å². The van der Waals surface area contributed by atoms with Crippen molar-refractivity contribution < 1.29 is 19.0 Å². The fourth-order valence-electron chi connectivity index (χ4n) is 4.48. The second-order valence-electron chi connectivity index (χ2n) is 8.59. The van der Waals surface area contributed by atoms with Crippen LogP contribution in [0.25, 0.3) is 21.8 Å². The smallest absolute Gasteiger partial charge is 0.264 e. The first-order valence-corrected chi connectivity index (χ1v) is 12.0. The first kappa shape index (κ1) is 24.8. The van der Waals surface area contributed by atoms with Crippen LogP contribution in [0.4, 0.5) is 0 Å². The number of nitrogens with zero attached hydrogens (tertiary/aromatic N) is 4. The molecule has 5 rings (SSSR count). The fraction of sp³-hybridized carbons (Fsp3) is 0.214. The summed E-state index contributed by atoms with van der Waals surface area (Å²) in [6, 6.07) is 17.3. The molecule has 2 aromatic heterocycles. The molecule has 0 radical (unpaired) electrons. The monoisotopic (exact) mass is 513 g/mol. The van der Waals surface area contributed by atoms with Crippen LogP contribution in [0.2, 0.25) is 0 Å². The summed E-state index contributed by atoms with van der Waals surface area (Å²) >= 11 is 0. The van der Waals surface area contributed by atoms with Crippen molar-refractivity contribution in [2.24, 2.45) is 0 Å². The van der Waals surface area contributed by atoms with Crippen LogP contribution in [0, 0.1) is 0 Å². The van der Waals surface area contributed by atoms with Gasteiger partial charge in [0, 0.05) is 12.1 Å². The van der Waals surface area contributed by atoms with E-state index in [1.807, 2.05) is 42.5 Å². The van der Waals surface area contributed by atoms with Crippen LogP contribution in [0.1, 0.15) is 15.9 Å². The molecule has 0 saturated heterocycles. The fourth-order valence-corrected chi connectivity index (χ4v) is 4.48. The highest BCUT2D eigenvalue weighted by molar-refractivity contribution is 5.95. The second-order valence-corrected chi connectivity index (χ2v) is 8.59. The van der Waals surface area contributed by atoms with Crippen LogP contribution in [0.15, 0.2) is 71.9 Å². The normalized spacial score (nSPS) is 11.0. The predicted molar refractivity (Wildman–Crippen MR) is 143 cm³/mol. The van der Waals surface area contributed by atoms with E-state index in [0.29, 0.717) is 46.9 Å². The Morgan fingerprint density at radius 1 is 0.947 bits per heavy atom. The molecule has 1 amide bonds. The van der Waals surface area contributed by atoms with E-state index in [-0.39, 0.29) is 18.0 Å². The maximum atomic E-state index is 13.2. The molecule has 0 aliphatic carbocycles. The number of rotatable bonds is 9. The number of hydrogen-bond donors (Lipinski definition) is 1. The minimum atomic E-state index is -0.314. The Morgan fingerprint density at radius 3 is 2.42 bits per heavy atom. The third-order valence-corrected chi connectivity index (χ3v) is 6.38. The number of methoxy groups -OCH3 is 3. The zero-order valence-electron chi connectivity index (χ0n) is 21.3. The minimum absolute atomic E-state index is 0.171. The van der Waals surface area contributed by atoms with Crippen molar-refractivity contribution in [3.63, 3.8) is 0 Å². The van der Waals surface area contributed by atoms with Gasteiger partial charge < -0.3 is 19.5 Å². The summed E-state index contributed by atoms with van der Waals surface area (Å²) in [5.41, 5.74) is 1.69. The molecule has 0 bridgehead atoms. The van der Waals surface area contributed by atoms with Gasteiger partial charge in [0.1, 0.15) is 11.7 Å². The molecule has 0 spiro atoms. The summed E-state index contributed by atoms with van der Waals surface area (Å²) in [6.07, 6.45) is 3.06. The molecule has 0 unspecified atom stereocenters. The number of ether oxygens (including phenoxy) is 3. The van der Waals surface area contributed by atoms with Gasteiger partial charge in [-0.2, -0.15) is 5.10 Å². The summed E-state index contributed by atoms with van der Waals surface area (Å²) in [4.78, 5) is 30.5. The molecule has 5 aromatic rings. The van der Waals surface area contributed by atoms with E-state index in [9.17, 15) is 9.59 Å². The molecule has 0 aliphatic heterocycles. The van der Waals surface area contributed by atoms with Gasteiger partial charge >= 0.3 is 0 Å². The van der Waals surface area contributed by atoms with Crippen LogP contribution >= 0.6 is 0 Å². The van der Waals surface area contributed by atoms with E-state index in [0.717, 1.165) is 16.3 Å². The number of carbonyl (C=O) groups excluding carboxylic acids is 1. The van der Waals surface area contributed by atoms with Crippen molar-refractivity contribution in [2.45, 2.75) is 13.1 Å². The van der Waals surface area contributed by atoms with Crippen LogP contribution in [0.3, 0.4) is 0 Å². The number of carbonyl (C=O) groups is 1. The molecule has 0 fully saturated rings. The van der Waals surface area contributed by atoms with Crippen LogP contribution in [-0.2, 0) is 13.1 Å². The quantitative estimate of drug-likeness (QED) is 0.322. The molecule has 1 N–H and O–H groups in total. The molecular formula is C28H27N5O5. The topological polar surface area (TPSA) is 110 Å². The summed E-state index contributed by atoms with van der Waals surface area (Å²) in [7, 11) is 4.48. The Morgan fingerprint density at radius 2 is 1.68 bits per heavy atom. The predicted octanol–water partition coefficient (Wildman–Crippen LogP) is 3.25. The van der Waals surface area contributed by atoms with E-state index < -0.39 is 0 Å². The zero-order valence-corrected chi connectivity index (χ0v) is 21.3. The van der Waals surface area contributed by atoms with Gasteiger partial charge in [-0.25, -0.2) is 9.67 Å². The molecule has 2 heterocycles. The van der Waals surface area contributed by atoms with Gasteiger partial charge in [-0.05, 0) is 28.5 Å². The molecule has 194 valence electrons. The standard InChI is InChI=1S/C28H27N5O5/c1-36-23-13-20(14-24(37-2)25(23)38-3)27(34)29-11-12-33-26-22(15-31-33)28(35)32(17-30-26)16-19-9-6-8-18-7-4-5-10-21(18)19/h4-10,13-15,17H,11-12,16H2,1-3H3,(H,29,34). The Balaban J connectivity index is 1.31. The third kappa shape index (κ3) is 4.63. The van der Waals surface area contributed by atoms with Crippen molar-refractivity contribution in [3.8, 4) is 17.2 Å². The maximum Gasteiger partial charge on any atom is 0.264 e. The molecule has 0 aliphatic rings. The lowest BCUT2D eigenvalue weighted by atomic mass is 10.0. The van der Waals surface area contributed by atoms with Crippen LogP contribution in [0.5, 0.6) is 17.2 Å². The van der Waals surface area contributed by atoms with Crippen molar-refractivity contribution in [1.82, 2.24) is 24.6 Å². The summed E-state index contributed by atoms with van der Waals surface area (Å²) < 4.78 is 19.1. The van der Waals surface area contributed by atoms with Gasteiger partial charge in [0.05, 0.1) is 40.6 Å². The molecule has 38 heavy (non-hydrogen) atoms. The number of fused-ring (bicyclic) bond motifs is 2. The molecular weight excluding hydrogens is 486 g/mol. The molecule has 10 nitrogen and oxygen atoms in total. The highest BCUT2D eigenvalue weighted by Gasteiger charge is 2.17. The Labute approximate surface area is 218 Å². The number of amides is 1. The third-order valence-electron chi connectivity index (χ3n) is 6.38. The molecule has 0 atom stereocenters. The number of hydrogen-bond acceptors (Lipinski definition) is 7. The van der Waals surface area contributed by atoms with Gasteiger partial charge in [0.25, 0.3) is 11.5 Å². The van der Waals surface area contributed by atoms with Crippen LogP contribution < -0.4 is 25.1 Å². The summed E-state index contributed by atoms with van der Waals surface area (Å²) in [5, 5.41) is 9.83. The largest absolute Gasteiger partial charge is 0.493 e. The Hall–Kier alpha value is -4.86. The molecule has 3 aromatic carbocycles. The van der Waals surface area contributed by atoms with E-state index >= 15 is 0 Å². The Kier molecular flexibility index (Phi) is 6.94. The van der Waals surface area contributed by atoms with Crippen LogP contribution in [-0.4, -0.2) is 53.1 Å². The first-order chi connectivity index (χ1) is 18.5. The van der Waals surface area contributed by atoms with Crippen molar-refractivity contribution >= 4 is 27.7 Å². The van der Waals surface area contributed by atoms with Crippen molar-refractivity contribution in [1.29, 1.82) is 0 Å². The van der Waals surface area contributed by atoms with Gasteiger partial charge in [-0.15, -0.1) is 0 Å². The number of benzene rings is 3. The van der Waals surface area contributed by atoms with Crippen molar-refractivity contribution in [3.05, 3.63) is 88.6 Å². The average Bonchev–Trinajstić information content (AvgIpc) is 3.37. The van der Waals surface area contributed by atoms with E-state index in [4.69, 9.17) is 14.2 Å². The second kappa shape index (κ2) is 10.6. The van der Waals surface area contributed by atoms with Gasteiger partial charge in [-0.1, -0.05) is 42.5 Å². The minimum Gasteiger partial charge on any atom is -0.493 e. The molecule has 10 heteroatoms. The number of nitrogens with one attached hydrogen (secondary N) is 1. The Bertz CT molecular complexity index is 1660. The van der Waals surface area contributed by atoms with E-state index in [1.54, 1.807) is 27.7 Å². The summed E-state index contributed by atoms with van der Waals surface area (Å²) in [6.45, 7) is 1.01. The molecule has 0 saturated carbocycles. The highest BCUT2D eigenvalue weighted by Crippen LogP contribution is 2.38. The SMILES string of the molecule is COc1cc(C(=O)NCCn2ncc3c(=O)n(Cc4cccc5ccccc45)cnc32)cc(OC)c1OC. The van der Waals surface area contributed by atoms with E-state index in [2.05, 4.69) is 15.4 Å². The van der Waals surface area contributed by atoms with Gasteiger partial charge in [0.2, 0.25) is 5.75 Å². The lowest BCUT2D eigenvalue weighted by Crippen LogP contribution is -2.28. The maximum absolute atomic E-state index is 13.2. The lowest BCUT2D eigenvalue weighted by molar-refractivity contribution is 0.0951. The van der Waals surface area contributed by atoms with Crippen molar-refractivity contribution in [2.75, 3.05) is 27.9 Å². The first-order valence-electron chi connectivity index (χ1n) is 12.0. The summed E-state index contributed by atoms with van der Waals surface area (Å²) in [5.74, 6) is 0.871.